The highest BCUT2D eigenvalue weighted by atomic mass is 19.1. The highest BCUT2D eigenvalue weighted by molar-refractivity contribution is 5.32. The topological polar surface area (TPSA) is 21.3 Å². The highest BCUT2D eigenvalue weighted by Gasteiger charge is 2.29. The summed E-state index contributed by atoms with van der Waals surface area (Å²) >= 11 is 0. The molecular weight excluding hydrogens is 217 g/mol. The molecule has 2 nitrogen and oxygen atoms in total. The second-order valence-corrected chi connectivity index (χ2v) is 4.94. The first kappa shape index (κ1) is 11.2. The molecule has 3 rings (SSSR count). The molecule has 92 valence electrons. The van der Waals surface area contributed by atoms with Gasteiger partial charge in [-0.25, -0.2) is 4.39 Å². The summed E-state index contributed by atoms with van der Waals surface area (Å²) in [4.78, 5) is 0. The van der Waals surface area contributed by atoms with Crippen molar-refractivity contribution in [2.75, 3.05) is 13.2 Å². The quantitative estimate of drug-likeness (QED) is 0.807. The van der Waals surface area contributed by atoms with Crippen molar-refractivity contribution in [3.63, 3.8) is 0 Å². The van der Waals surface area contributed by atoms with E-state index < -0.39 is 0 Å². The molecule has 2 aliphatic rings. The molecule has 3 heteroatoms. The van der Waals surface area contributed by atoms with Crippen molar-refractivity contribution >= 4 is 0 Å². The first-order valence-electron chi connectivity index (χ1n) is 6.48. The van der Waals surface area contributed by atoms with Gasteiger partial charge in [-0.2, -0.15) is 0 Å². The van der Waals surface area contributed by atoms with Crippen molar-refractivity contribution < 1.29 is 9.13 Å². The number of hydrogen-bond acceptors (Lipinski definition) is 2. The summed E-state index contributed by atoms with van der Waals surface area (Å²) in [5.74, 6) is -0.135. The molecule has 17 heavy (non-hydrogen) atoms. The molecule has 0 saturated carbocycles. The molecule has 1 saturated heterocycles. The van der Waals surface area contributed by atoms with E-state index in [1.165, 1.54) is 12.0 Å². The zero-order chi connectivity index (χ0) is 11.7. The van der Waals surface area contributed by atoms with Crippen LogP contribution in [0.4, 0.5) is 4.39 Å². The van der Waals surface area contributed by atoms with Crippen LogP contribution in [0.15, 0.2) is 18.2 Å². The summed E-state index contributed by atoms with van der Waals surface area (Å²) in [5, 5.41) is 3.49. The number of ether oxygens (including phenoxy) is 1. The van der Waals surface area contributed by atoms with Crippen LogP contribution in [-0.2, 0) is 11.2 Å². The number of aryl methyl sites for hydroxylation is 1. The molecule has 1 N–H and O–H groups in total. The monoisotopic (exact) mass is 235 g/mol. The number of hydrogen-bond donors (Lipinski definition) is 1. The molecule has 1 unspecified atom stereocenters. The Morgan fingerprint density at radius 2 is 2.24 bits per heavy atom. The standard InChI is InChI=1S/C14H18FNO/c15-11-5-6-12-10(9-11)3-2-8-17-14(12)13-4-1-7-16-13/h5-6,9,13-14,16H,1-4,7-8H2/t13-,14?/m1/s1. The van der Waals surface area contributed by atoms with Crippen LogP contribution in [0.2, 0.25) is 0 Å². The van der Waals surface area contributed by atoms with Crippen molar-refractivity contribution in [2.24, 2.45) is 0 Å². The molecule has 2 aliphatic heterocycles. The maximum absolute atomic E-state index is 13.3. The van der Waals surface area contributed by atoms with Gasteiger partial charge in [0, 0.05) is 12.6 Å². The number of nitrogens with one attached hydrogen (secondary N) is 1. The summed E-state index contributed by atoms with van der Waals surface area (Å²) in [6.45, 7) is 1.85. The SMILES string of the molecule is Fc1ccc2c(c1)CCCOC2[C@H]1CCCN1. The molecular formula is C14H18FNO. The Morgan fingerprint density at radius 3 is 3.06 bits per heavy atom. The van der Waals surface area contributed by atoms with Crippen LogP contribution < -0.4 is 5.32 Å². The molecule has 0 aromatic heterocycles. The minimum absolute atomic E-state index is 0.107. The van der Waals surface area contributed by atoms with Gasteiger partial charge in [-0.3, -0.25) is 0 Å². The first-order valence-corrected chi connectivity index (χ1v) is 6.48. The lowest BCUT2D eigenvalue weighted by Gasteiger charge is -2.24. The predicted molar refractivity (Wildman–Crippen MR) is 64.4 cm³/mol. The van der Waals surface area contributed by atoms with Gasteiger partial charge in [0.05, 0.1) is 6.10 Å². The second kappa shape index (κ2) is 4.75. The zero-order valence-corrected chi connectivity index (χ0v) is 9.92. The molecule has 1 fully saturated rings. The lowest BCUT2D eigenvalue weighted by atomic mass is 9.95. The Labute approximate surface area is 101 Å². The largest absolute Gasteiger partial charge is 0.372 e. The van der Waals surface area contributed by atoms with E-state index in [0.717, 1.165) is 38.0 Å². The number of rotatable bonds is 1. The molecule has 0 radical (unpaired) electrons. The van der Waals surface area contributed by atoms with E-state index in [4.69, 9.17) is 4.74 Å². The average molecular weight is 235 g/mol. The Morgan fingerprint density at radius 1 is 1.29 bits per heavy atom. The van der Waals surface area contributed by atoms with Gasteiger partial charge in [-0.15, -0.1) is 0 Å². The number of benzene rings is 1. The maximum Gasteiger partial charge on any atom is 0.123 e. The van der Waals surface area contributed by atoms with Crippen LogP contribution in [0.3, 0.4) is 0 Å². The fourth-order valence-corrected chi connectivity index (χ4v) is 2.93. The van der Waals surface area contributed by atoms with Gasteiger partial charge in [-0.05, 0) is 55.5 Å². The van der Waals surface area contributed by atoms with E-state index in [1.54, 1.807) is 12.1 Å². The maximum atomic E-state index is 13.3. The summed E-state index contributed by atoms with van der Waals surface area (Å²) in [5.41, 5.74) is 2.31. The fourth-order valence-electron chi connectivity index (χ4n) is 2.93. The Kier molecular flexibility index (Phi) is 3.12. The molecule has 2 atom stereocenters. The lowest BCUT2D eigenvalue weighted by molar-refractivity contribution is 0.0333. The lowest BCUT2D eigenvalue weighted by Crippen LogP contribution is -2.30. The van der Waals surface area contributed by atoms with Crippen LogP contribution >= 0.6 is 0 Å². The second-order valence-electron chi connectivity index (χ2n) is 4.94. The third-order valence-electron chi connectivity index (χ3n) is 3.76. The third kappa shape index (κ3) is 2.22. The van der Waals surface area contributed by atoms with Gasteiger partial charge >= 0.3 is 0 Å². The molecule has 0 spiro atoms. The Bertz CT molecular complexity index is 401. The molecule has 2 heterocycles. The average Bonchev–Trinajstić information content (AvgIpc) is 2.77. The van der Waals surface area contributed by atoms with Gasteiger partial charge in [0.15, 0.2) is 0 Å². The molecule has 0 aliphatic carbocycles. The Balaban J connectivity index is 1.94. The fraction of sp³-hybridized carbons (Fsp3) is 0.571. The van der Waals surface area contributed by atoms with Crippen molar-refractivity contribution in [2.45, 2.75) is 37.8 Å². The van der Waals surface area contributed by atoms with Gasteiger partial charge in [0.1, 0.15) is 5.82 Å². The van der Waals surface area contributed by atoms with Crippen LogP contribution in [0.25, 0.3) is 0 Å². The van der Waals surface area contributed by atoms with E-state index in [0.29, 0.717) is 6.04 Å². The van der Waals surface area contributed by atoms with Crippen LogP contribution in [0.5, 0.6) is 0 Å². The highest BCUT2D eigenvalue weighted by Crippen LogP contribution is 2.32. The van der Waals surface area contributed by atoms with Crippen molar-refractivity contribution in [1.82, 2.24) is 5.32 Å². The molecule has 1 aromatic carbocycles. The minimum atomic E-state index is -0.135. The van der Waals surface area contributed by atoms with E-state index in [1.807, 2.05) is 6.07 Å². The minimum Gasteiger partial charge on any atom is -0.372 e. The van der Waals surface area contributed by atoms with Gasteiger partial charge in [0.25, 0.3) is 0 Å². The normalized spacial score (nSPS) is 28.8. The van der Waals surface area contributed by atoms with Gasteiger partial charge in [0.2, 0.25) is 0 Å². The molecule has 1 aromatic rings. The van der Waals surface area contributed by atoms with Gasteiger partial charge < -0.3 is 10.1 Å². The third-order valence-corrected chi connectivity index (χ3v) is 3.76. The van der Waals surface area contributed by atoms with Crippen molar-refractivity contribution in [1.29, 1.82) is 0 Å². The summed E-state index contributed by atoms with van der Waals surface area (Å²) in [7, 11) is 0. The predicted octanol–water partition coefficient (Wildman–Crippen LogP) is 2.58. The zero-order valence-electron chi connectivity index (χ0n) is 9.92. The summed E-state index contributed by atoms with van der Waals surface area (Å²) in [6.07, 6.45) is 4.38. The van der Waals surface area contributed by atoms with Crippen molar-refractivity contribution in [3.8, 4) is 0 Å². The Hall–Kier alpha value is -0.930. The van der Waals surface area contributed by atoms with E-state index in [9.17, 15) is 4.39 Å². The smallest absolute Gasteiger partial charge is 0.123 e. The van der Waals surface area contributed by atoms with Crippen LogP contribution in [0.1, 0.15) is 36.5 Å². The first-order chi connectivity index (χ1) is 8.34. The number of fused-ring (bicyclic) bond motifs is 1. The van der Waals surface area contributed by atoms with Crippen LogP contribution in [0, 0.1) is 5.82 Å². The van der Waals surface area contributed by atoms with E-state index >= 15 is 0 Å². The van der Waals surface area contributed by atoms with Gasteiger partial charge in [-0.1, -0.05) is 6.07 Å². The summed E-state index contributed by atoms with van der Waals surface area (Å²) in [6, 6.07) is 5.53. The van der Waals surface area contributed by atoms with E-state index in [2.05, 4.69) is 5.32 Å². The number of halogens is 1. The summed E-state index contributed by atoms with van der Waals surface area (Å²) < 4.78 is 19.2. The van der Waals surface area contributed by atoms with Crippen molar-refractivity contribution in [3.05, 3.63) is 35.1 Å². The van der Waals surface area contributed by atoms with E-state index in [-0.39, 0.29) is 11.9 Å². The van der Waals surface area contributed by atoms with Crippen LogP contribution in [-0.4, -0.2) is 19.2 Å². The molecule has 0 amide bonds. The molecule has 0 bridgehead atoms.